The first-order chi connectivity index (χ1) is 13.7. The number of amides is 1. The number of likely N-dealkylation sites (tertiary alicyclic amines) is 1. The highest BCUT2D eigenvalue weighted by Gasteiger charge is 2.28. The topological polar surface area (TPSA) is 59.4 Å². The second kappa shape index (κ2) is 8.35. The van der Waals surface area contributed by atoms with Crippen LogP contribution < -0.4 is 10.1 Å². The third kappa shape index (κ3) is 3.65. The fourth-order valence-electron chi connectivity index (χ4n) is 4.55. The van der Waals surface area contributed by atoms with Crippen molar-refractivity contribution in [3.05, 3.63) is 35.5 Å². The third-order valence-corrected chi connectivity index (χ3v) is 6.00. The highest BCUT2D eigenvalue weighted by atomic mass is 16.5. The highest BCUT2D eigenvalue weighted by molar-refractivity contribution is 5.96. The number of hydrogen-bond donors (Lipinski definition) is 1. The molecule has 1 N–H and O–H groups in total. The number of fused-ring (bicyclic) bond motifs is 3. The van der Waals surface area contributed by atoms with Gasteiger partial charge in [0, 0.05) is 37.3 Å². The number of carbonyl (C=O) groups excluding carboxylic acids is 1. The zero-order chi connectivity index (χ0) is 19.5. The van der Waals surface area contributed by atoms with Gasteiger partial charge in [0.1, 0.15) is 12.4 Å². The predicted octanol–water partition coefficient (Wildman–Crippen LogP) is 3.36. The molecule has 1 unspecified atom stereocenters. The average molecular weight is 383 g/mol. The molecule has 28 heavy (non-hydrogen) atoms. The Morgan fingerprint density at radius 3 is 3.04 bits per heavy atom. The van der Waals surface area contributed by atoms with Crippen LogP contribution in [0.25, 0.3) is 11.3 Å². The van der Waals surface area contributed by atoms with Crippen molar-refractivity contribution in [2.24, 2.45) is 7.05 Å². The fraction of sp³-hybridized carbons (Fsp3) is 0.545. The van der Waals surface area contributed by atoms with Crippen LogP contribution >= 0.6 is 0 Å². The zero-order valence-corrected chi connectivity index (χ0v) is 16.9. The third-order valence-electron chi connectivity index (χ3n) is 6.00. The van der Waals surface area contributed by atoms with Crippen LogP contribution in [-0.2, 0) is 13.7 Å². The largest absolute Gasteiger partial charge is 0.488 e. The summed E-state index contributed by atoms with van der Waals surface area (Å²) in [6.45, 7) is 5.57. The van der Waals surface area contributed by atoms with Gasteiger partial charge in [0.2, 0.25) is 0 Å². The highest BCUT2D eigenvalue weighted by Crippen LogP contribution is 2.38. The van der Waals surface area contributed by atoms with Crippen LogP contribution in [0.4, 0.5) is 0 Å². The van der Waals surface area contributed by atoms with Crippen molar-refractivity contribution < 1.29 is 9.53 Å². The van der Waals surface area contributed by atoms with Crippen LogP contribution in [0.5, 0.6) is 5.75 Å². The van der Waals surface area contributed by atoms with E-state index in [9.17, 15) is 4.79 Å². The van der Waals surface area contributed by atoms with E-state index in [-0.39, 0.29) is 5.91 Å². The Morgan fingerprint density at radius 2 is 2.18 bits per heavy atom. The number of piperidine rings is 1. The first-order valence-electron chi connectivity index (χ1n) is 10.5. The maximum atomic E-state index is 12.8. The smallest absolute Gasteiger partial charge is 0.272 e. The van der Waals surface area contributed by atoms with E-state index in [0.717, 1.165) is 35.5 Å². The van der Waals surface area contributed by atoms with Crippen LogP contribution in [0.1, 0.15) is 55.1 Å². The van der Waals surface area contributed by atoms with E-state index in [1.54, 1.807) is 4.68 Å². The lowest BCUT2D eigenvalue weighted by Crippen LogP contribution is -2.40. The molecule has 0 saturated carbocycles. The first-order valence-corrected chi connectivity index (χ1v) is 10.5. The van der Waals surface area contributed by atoms with Crippen molar-refractivity contribution in [1.29, 1.82) is 0 Å². The van der Waals surface area contributed by atoms with E-state index in [1.807, 2.05) is 31.3 Å². The number of aromatic nitrogens is 2. The quantitative estimate of drug-likeness (QED) is 0.779. The molecule has 0 bridgehead atoms. The molecule has 1 aromatic heterocycles. The minimum atomic E-state index is -0.106. The lowest BCUT2D eigenvalue weighted by molar-refractivity contribution is 0.0939. The molecule has 2 aromatic rings. The van der Waals surface area contributed by atoms with Crippen LogP contribution in [0.15, 0.2) is 24.3 Å². The van der Waals surface area contributed by atoms with Crippen LogP contribution in [0.3, 0.4) is 0 Å². The van der Waals surface area contributed by atoms with E-state index in [2.05, 4.69) is 22.2 Å². The minimum absolute atomic E-state index is 0.106. The van der Waals surface area contributed by atoms with Gasteiger partial charge in [-0.1, -0.05) is 25.5 Å². The molecular formula is C22H30N4O2. The van der Waals surface area contributed by atoms with E-state index >= 15 is 0 Å². The summed E-state index contributed by atoms with van der Waals surface area (Å²) < 4.78 is 7.64. The number of para-hydroxylation sites is 1. The Kier molecular flexibility index (Phi) is 5.67. The molecule has 1 amide bonds. The van der Waals surface area contributed by atoms with Crippen LogP contribution in [-0.4, -0.2) is 46.3 Å². The molecule has 0 aliphatic carbocycles. The molecule has 1 atom stereocenters. The molecule has 0 radical (unpaired) electrons. The summed E-state index contributed by atoms with van der Waals surface area (Å²) in [6.07, 6.45) is 6.14. The van der Waals surface area contributed by atoms with Gasteiger partial charge in [-0.15, -0.1) is 0 Å². The van der Waals surface area contributed by atoms with E-state index in [4.69, 9.17) is 4.74 Å². The summed E-state index contributed by atoms with van der Waals surface area (Å²) in [5.74, 6) is 0.738. The Balaban J connectivity index is 1.38. The number of benzene rings is 1. The second-order valence-electron chi connectivity index (χ2n) is 7.79. The molecule has 1 fully saturated rings. The molecular weight excluding hydrogens is 352 g/mol. The van der Waals surface area contributed by atoms with E-state index < -0.39 is 0 Å². The Hall–Kier alpha value is -2.34. The number of hydrogen-bond acceptors (Lipinski definition) is 4. The molecule has 1 saturated heterocycles. The number of aryl methyl sites for hydroxylation is 1. The number of carbonyl (C=O) groups is 1. The Labute approximate surface area is 166 Å². The summed E-state index contributed by atoms with van der Waals surface area (Å²) in [6, 6.07) is 8.62. The van der Waals surface area contributed by atoms with Gasteiger partial charge in [-0.2, -0.15) is 5.10 Å². The van der Waals surface area contributed by atoms with Gasteiger partial charge in [0.05, 0.1) is 5.69 Å². The van der Waals surface area contributed by atoms with Gasteiger partial charge in [-0.05, 0) is 44.4 Å². The maximum absolute atomic E-state index is 12.8. The maximum Gasteiger partial charge on any atom is 0.272 e. The van der Waals surface area contributed by atoms with Gasteiger partial charge in [-0.3, -0.25) is 9.48 Å². The van der Waals surface area contributed by atoms with E-state index in [0.29, 0.717) is 24.9 Å². The van der Waals surface area contributed by atoms with Gasteiger partial charge in [-0.25, -0.2) is 0 Å². The van der Waals surface area contributed by atoms with Gasteiger partial charge < -0.3 is 15.0 Å². The molecule has 2 aliphatic rings. The normalized spacial score (nSPS) is 18.9. The Morgan fingerprint density at radius 1 is 1.32 bits per heavy atom. The second-order valence-corrected chi connectivity index (χ2v) is 7.79. The van der Waals surface area contributed by atoms with Crippen molar-refractivity contribution >= 4 is 5.91 Å². The fourth-order valence-corrected chi connectivity index (χ4v) is 4.55. The molecule has 4 rings (SSSR count). The van der Waals surface area contributed by atoms with Gasteiger partial charge in [0.15, 0.2) is 5.69 Å². The number of nitrogens with one attached hydrogen (secondary N) is 1. The van der Waals surface area contributed by atoms with Crippen molar-refractivity contribution in [3.63, 3.8) is 0 Å². The summed E-state index contributed by atoms with van der Waals surface area (Å²) in [7, 11) is 1.89. The van der Waals surface area contributed by atoms with Gasteiger partial charge in [0.25, 0.3) is 5.91 Å². The van der Waals surface area contributed by atoms with Crippen LogP contribution in [0, 0.1) is 0 Å². The standard InChI is InChI=1S/C22H30N4O2/c1-3-16-9-6-7-13-26(16)14-8-12-23-22(27)20-18-15-28-19-11-5-4-10-17(19)21(18)25(2)24-20/h4-5,10-11,16H,3,6-9,12-15H2,1-2H3,(H,23,27). The lowest BCUT2D eigenvalue weighted by atomic mass is 10.00. The molecule has 0 spiro atoms. The summed E-state index contributed by atoms with van der Waals surface area (Å²) in [5, 5.41) is 7.56. The first kappa shape index (κ1) is 19.0. The summed E-state index contributed by atoms with van der Waals surface area (Å²) >= 11 is 0. The van der Waals surface area contributed by atoms with Crippen molar-refractivity contribution in [2.45, 2.75) is 51.7 Å². The molecule has 3 heterocycles. The summed E-state index contributed by atoms with van der Waals surface area (Å²) in [5.41, 5.74) is 3.33. The number of nitrogens with zero attached hydrogens (tertiary/aromatic N) is 3. The SMILES string of the molecule is CCC1CCCCN1CCCNC(=O)c1nn(C)c2c1COc1ccccc1-2. The lowest BCUT2D eigenvalue weighted by Gasteiger charge is -2.35. The average Bonchev–Trinajstić information content (AvgIpc) is 3.08. The molecule has 150 valence electrons. The van der Waals surface area contributed by atoms with E-state index in [1.165, 1.54) is 32.2 Å². The van der Waals surface area contributed by atoms with Gasteiger partial charge >= 0.3 is 0 Å². The molecule has 6 heteroatoms. The number of rotatable bonds is 6. The van der Waals surface area contributed by atoms with Crippen molar-refractivity contribution in [2.75, 3.05) is 19.6 Å². The molecule has 2 aliphatic heterocycles. The summed E-state index contributed by atoms with van der Waals surface area (Å²) in [4.78, 5) is 15.3. The minimum Gasteiger partial charge on any atom is -0.488 e. The monoisotopic (exact) mass is 382 g/mol. The molecule has 1 aromatic carbocycles. The van der Waals surface area contributed by atoms with Crippen molar-refractivity contribution in [3.8, 4) is 17.0 Å². The number of ether oxygens (including phenoxy) is 1. The zero-order valence-electron chi connectivity index (χ0n) is 16.9. The predicted molar refractivity (Wildman–Crippen MR) is 109 cm³/mol. The van der Waals surface area contributed by atoms with Crippen molar-refractivity contribution in [1.82, 2.24) is 20.0 Å². The molecule has 6 nitrogen and oxygen atoms in total. The van der Waals surface area contributed by atoms with Crippen LogP contribution in [0.2, 0.25) is 0 Å². The Bertz CT molecular complexity index is 845.